The fraction of sp³-hybridized carbons (Fsp3) is 0.250. The van der Waals surface area contributed by atoms with Crippen molar-refractivity contribution in [2.75, 3.05) is 6.61 Å². The highest BCUT2D eigenvalue weighted by molar-refractivity contribution is 7.09. The van der Waals surface area contributed by atoms with Crippen LogP contribution in [0.4, 0.5) is 4.39 Å². The molecule has 0 N–H and O–H groups in total. The summed E-state index contributed by atoms with van der Waals surface area (Å²) in [5.74, 6) is -2.49. The first-order chi connectivity index (χ1) is 16.3. The van der Waals surface area contributed by atoms with Gasteiger partial charge in [0.2, 0.25) is 11.7 Å². The average Bonchev–Trinajstić information content (AvgIpc) is 3.52. The topological polar surface area (TPSA) is 96.3 Å². The molecule has 0 fully saturated rings. The summed E-state index contributed by atoms with van der Waals surface area (Å²) >= 11 is 1.69. The second kappa shape index (κ2) is 10.0. The molecule has 0 aliphatic rings. The maximum Gasteiger partial charge on any atom is 0.437 e. The number of aromatic nitrogens is 3. The van der Waals surface area contributed by atoms with Gasteiger partial charge in [0.25, 0.3) is 0 Å². The summed E-state index contributed by atoms with van der Waals surface area (Å²) in [6.45, 7) is 3.57. The van der Waals surface area contributed by atoms with Crippen molar-refractivity contribution in [3.05, 3.63) is 86.0 Å². The number of carbonyl (C=O) groups is 2. The molecule has 0 radical (unpaired) electrons. The highest BCUT2D eigenvalue weighted by atomic mass is 32.1. The summed E-state index contributed by atoms with van der Waals surface area (Å²) in [6.07, 6.45) is 0.864. The molecule has 0 atom stereocenters. The molecule has 0 bridgehead atoms. The van der Waals surface area contributed by atoms with Crippen LogP contribution in [0.5, 0.6) is 0 Å². The number of halogens is 1. The van der Waals surface area contributed by atoms with E-state index < -0.39 is 30.7 Å². The Hall–Kier alpha value is -3.79. The Kier molecular flexibility index (Phi) is 6.87. The SMILES string of the molecule is Cc1cc(C(=O)COC(=O)Cn2nc(-c3ccc(F)cc3)oc2=O)c(C)n1CCc1cccs1. The number of hydrogen-bond acceptors (Lipinski definition) is 7. The quantitative estimate of drug-likeness (QED) is 0.266. The van der Waals surface area contributed by atoms with Crippen LogP contribution in [0, 0.1) is 19.7 Å². The highest BCUT2D eigenvalue weighted by Gasteiger charge is 2.19. The molecule has 3 heterocycles. The Morgan fingerprint density at radius 1 is 1.18 bits per heavy atom. The number of ketones is 1. The minimum absolute atomic E-state index is 0.0520. The summed E-state index contributed by atoms with van der Waals surface area (Å²) in [5.41, 5.74) is 2.64. The van der Waals surface area contributed by atoms with Gasteiger partial charge in [0, 0.05) is 33.9 Å². The minimum Gasteiger partial charge on any atom is -0.456 e. The number of Topliss-reactive ketones (excluding diaryl/α,β-unsaturated/α-hetero) is 1. The molecule has 4 aromatic rings. The van der Waals surface area contributed by atoms with Crippen LogP contribution in [0.2, 0.25) is 0 Å². The van der Waals surface area contributed by atoms with E-state index in [-0.39, 0.29) is 11.7 Å². The lowest BCUT2D eigenvalue weighted by molar-refractivity contribution is -0.143. The Labute approximate surface area is 198 Å². The third-order valence-electron chi connectivity index (χ3n) is 5.38. The van der Waals surface area contributed by atoms with Crippen molar-refractivity contribution in [1.29, 1.82) is 0 Å². The van der Waals surface area contributed by atoms with Gasteiger partial charge >= 0.3 is 11.7 Å². The van der Waals surface area contributed by atoms with E-state index in [4.69, 9.17) is 9.15 Å². The molecule has 0 aliphatic heterocycles. The first-order valence-electron chi connectivity index (χ1n) is 10.5. The predicted octanol–water partition coefficient (Wildman–Crippen LogP) is 3.79. The highest BCUT2D eigenvalue weighted by Crippen LogP contribution is 2.19. The molecule has 0 amide bonds. The minimum atomic E-state index is -0.864. The standard InChI is InChI=1S/C24H22FN3O5S/c1-15-12-20(16(2)27(15)10-9-19-4-3-11-34-19)21(29)14-32-22(30)13-28-24(31)33-23(26-28)17-5-7-18(25)8-6-17/h3-8,11-12H,9-10,13-14H2,1-2H3. The van der Waals surface area contributed by atoms with Crippen molar-refractivity contribution in [3.63, 3.8) is 0 Å². The van der Waals surface area contributed by atoms with Crippen LogP contribution in [0.25, 0.3) is 11.5 Å². The Bertz CT molecular complexity index is 1370. The van der Waals surface area contributed by atoms with Crippen LogP contribution in [-0.2, 0) is 29.0 Å². The summed E-state index contributed by atoms with van der Waals surface area (Å²) < 4.78 is 26.0. The number of esters is 1. The lowest BCUT2D eigenvalue weighted by Gasteiger charge is -2.09. The first kappa shape index (κ1) is 23.4. The fourth-order valence-corrected chi connectivity index (χ4v) is 4.31. The number of carbonyl (C=O) groups excluding carboxylic acids is 2. The van der Waals surface area contributed by atoms with E-state index in [0.717, 1.165) is 29.0 Å². The second-order valence-electron chi connectivity index (χ2n) is 7.69. The normalized spacial score (nSPS) is 11.0. The van der Waals surface area contributed by atoms with Gasteiger partial charge in [-0.1, -0.05) is 6.07 Å². The average molecular weight is 484 g/mol. The Morgan fingerprint density at radius 2 is 1.94 bits per heavy atom. The van der Waals surface area contributed by atoms with E-state index in [1.54, 1.807) is 17.4 Å². The number of hydrogen-bond donors (Lipinski definition) is 0. The van der Waals surface area contributed by atoms with Crippen molar-refractivity contribution in [1.82, 2.24) is 14.3 Å². The number of thiophene rings is 1. The van der Waals surface area contributed by atoms with Gasteiger partial charge in [-0.05, 0) is 62.0 Å². The molecular weight excluding hydrogens is 461 g/mol. The zero-order chi connectivity index (χ0) is 24.2. The number of aryl methyl sites for hydroxylation is 2. The number of ether oxygens (including phenoxy) is 1. The lowest BCUT2D eigenvalue weighted by atomic mass is 10.1. The summed E-state index contributed by atoms with van der Waals surface area (Å²) in [6, 6.07) is 11.1. The number of benzene rings is 1. The van der Waals surface area contributed by atoms with Crippen LogP contribution < -0.4 is 5.76 Å². The molecule has 1 aromatic carbocycles. The molecular formula is C24H22FN3O5S. The van der Waals surface area contributed by atoms with E-state index in [1.165, 1.54) is 29.1 Å². The summed E-state index contributed by atoms with van der Waals surface area (Å²) in [4.78, 5) is 38.1. The van der Waals surface area contributed by atoms with E-state index in [9.17, 15) is 18.8 Å². The van der Waals surface area contributed by atoms with E-state index in [0.29, 0.717) is 11.1 Å². The molecule has 0 saturated heterocycles. The largest absolute Gasteiger partial charge is 0.456 e. The van der Waals surface area contributed by atoms with Crippen LogP contribution >= 0.6 is 11.3 Å². The molecule has 10 heteroatoms. The molecule has 0 aliphatic carbocycles. The third-order valence-corrected chi connectivity index (χ3v) is 6.31. The monoisotopic (exact) mass is 483 g/mol. The molecule has 3 aromatic heterocycles. The molecule has 8 nitrogen and oxygen atoms in total. The van der Waals surface area contributed by atoms with E-state index >= 15 is 0 Å². The predicted molar refractivity (Wildman–Crippen MR) is 123 cm³/mol. The van der Waals surface area contributed by atoms with Crippen LogP contribution in [0.3, 0.4) is 0 Å². The van der Waals surface area contributed by atoms with Crippen LogP contribution in [0.1, 0.15) is 26.6 Å². The number of nitrogens with zero attached hydrogens (tertiary/aromatic N) is 3. The Morgan fingerprint density at radius 3 is 2.65 bits per heavy atom. The van der Waals surface area contributed by atoms with Gasteiger partial charge in [0.05, 0.1) is 0 Å². The van der Waals surface area contributed by atoms with Gasteiger partial charge in [0.1, 0.15) is 12.4 Å². The van der Waals surface area contributed by atoms with Crippen molar-refractivity contribution < 1.29 is 23.1 Å². The van der Waals surface area contributed by atoms with Crippen LogP contribution in [-0.4, -0.2) is 32.7 Å². The summed E-state index contributed by atoms with van der Waals surface area (Å²) in [5, 5.41) is 5.96. The van der Waals surface area contributed by atoms with Gasteiger partial charge in [0.15, 0.2) is 6.61 Å². The van der Waals surface area contributed by atoms with E-state index in [2.05, 4.69) is 15.7 Å². The van der Waals surface area contributed by atoms with Crippen LogP contribution in [0.15, 0.2) is 57.1 Å². The van der Waals surface area contributed by atoms with Crippen molar-refractivity contribution in [2.24, 2.45) is 0 Å². The molecule has 0 saturated carbocycles. The molecule has 4 rings (SSSR count). The van der Waals surface area contributed by atoms with Gasteiger partial charge in [-0.2, -0.15) is 4.68 Å². The number of rotatable bonds is 9. The van der Waals surface area contributed by atoms with E-state index in [1.807, 2.05) is 25.3 Å². The second-order valence-corrected chi connectivity index (χ2v) is 8.72. The smallest absolute Gasteiger partial charge is 0.437 e. The first-order valence-corrected chi connectivity index (χ1v) is 11.4. The zero-order valence-corrected chi connectivity index (χ0v) is 19.4. The van der Waals surface area contributed by atoms with Crippen molar-refractivity contribution in [2.45, 2.75) is 33.4 Å². The van der Waals surface area contributed by atoms with Gasteiger partial charge in [-0.15, -0.1) is 16.4 Å². The Balaban J connectivity index is 1.35. The lowest BCUT2D eigenvalue weighted by Crippen LogP contribution is -2.24. The molecule has 0 unspecified atom stereocenters. The maximum atomic E-state index is 13.1. The van der Waals surface area contributed by atoms with Crippen molar-refractivity contribution >= 4 is 23.1 Å². The third kappa shape index (κ3) is 5.23. The van der Waals surface area contributed by atoms with Gasteiger partial charge < -0.3 is 13.7 Å². The molecule has 176 valence electrons. The van der Waals surface area contributed by atoms with Gasteiger partial charge in [-0.25, -0.2) is 9.18 Å². The zero-order valence-electron chi connectivity index (χ0n) is 18.6. The van der Waals surface area contributed by atoms with Gasteiger partial charge in [-0.3, -0.25) is 9.59 Å². The summed E-state index contributed by atoms with van der Waals surface area (Å²) in [7, 11) is 0. The maximum absolute atomic E-state index is 13.1. The fourth-order valence-electron chi connectivity index (χ4n) is 3.61. The van der Waals surface area contributed by atoms with Crippen molar-refractivity contribution in [3.8, 4) is 11.5 Å². The molecule has 0 spiro atoms. The molecule has 34 heavy (non-hydrogen) atoms.